The Morgan fingerprint density at radius 2 is 1.87 bits per heavy atom. The highest BCUT2D eigenvalue weighted by molar-refractivity contribution is 6.26. The molecule has 0 aliphatic carbocycles. The van der Waals surface area contributed by atoms with E-state index in [9.17, 15) is 20.0 Å². The van der Waals surface area contributed by atoms with Crippen LogP contribution in [0.5, 0.6) is 0 Å². The topological polar surface area (TPSA) is 89.2 Å². The van der Waals surface area contributed by atoms with Crippen LogP contribution in [-0.4, -0.2) is 20.6 Å². The van der Waals surface area contributed by atoms with E-state index in [1.165, 1.54) is 33.8 Å². The predicted octanol–water partition coefficient (Wildman–Crippen LogP) is 2.37. The molecule has 1 aliphatic heterocycles. The van der Waals surface area contributed by atoms with Gasteiger partial charge in [-0.1, -0.05) is 35.0 Å². The fraction of sp³-hybridized carbons (Fsp3) is 0. The Labute approximate surface area is 129 Å². The minimum atomic E-state index is -0.500. The Hall–Kier alpha value is -3.48. The number of allylic oxidation sites excluding steroid dienone is 1. The molecular weight excluding hydrogens is 298 g/mol. The first-order valence-electron chi connectivity index (χ1n) is 6.83. The Morgan fingerprint density at radius 3 is 2.57 bits per heavy atom. The van der Waals surface area contributed by atoms with Crippen LogP contribution in [-0.2, 0) is 0 Å². The number of aliphatic hydroxyl groups is 1. The van der Waals surface area contributed by atoms with Gasteiger partial charge in [0.25, 0.3) is 5.69 Å². The summed E-state index contributed by atoms with van der Waals surface area (Å²) in [5.41, 5.74) is 1.24. The summed E-state index contributed by atoms with van der Waals surface area (Å²) in [4.78, 5) is 23.0. The largest absolute Gasteiger partial charge is 0.457 e. The van der Waals surface area contributed by atoms with Crippen LogP contribution >= 0.6 is 0 Å². The van der Waals surface area contributed by atoms with Crippen LogP contribution in [0.15, 0.2) is 54.7 Å². The van der Waals surface area contributed by atoms with Crippen molar-refractivity contribution in [2.45, 2.75) is 0 Å². The SMILES string of the molecule is O=C1C(c2ccccc2)=C(O)[n+]2cc3cc([N+](=O)[O-])ccc3n21. The van der Waals surface area contributed by atoms with E-state index in [-0.39, 0.29) is 23.1 Å². The minimum absolute atomic E-state index is 0.0680. The van der Waals surface area contributed by atoms with Crippen LogP contribution in [0.4, 0.5) is 5.69 Å². The number of fused-ring (bicyclic) bond motifs is 3. The first-order chi connectivity index (χ1) is 11.1. The van der Waals surface area contributed by atoms with E-state index in [0.717, 1.165) is 0 Å². The molecule has 1 aliphatic rings. The lowest BCUT2D eigenvalue weighted by Crippen LogP contribution is -2.38. The molecule has 0 unspecified atom stereocenters. The highest BCUT2D eigenvalue weighted by Crippen LogP contribution is 2.28. The van der Waals surface area contributed by atoms with E-state index in [0.29, 0.717) is 16.5 Å². The van der Waals surface area contributed by atoms with Crippen molar-refractivity contribution in [3.05, 3.63) is 70.4 Å². The molecule has 0 radical (unpaired) electrons. The molecule has 7 nitrogen and oxygen atoms in total. The number of hydrogen-bond acceptors (Lipinski definition) is 4. The van der Waals surface area contributed by atoms with Gasteiger partial charge in [0.1, 0.15) is 5.52 Å². The van der Waals surface area contributed by atoms with Gasteiger partial charge in [-0.3, -0.25) is 14.9 Å². The number of rotatable bonds is 2. The number of nitro groups is 1. The van der Waals surface area contributed by atoms with Crippen molar-refractivity contribution in [3.63, 3.8) is 0 Å². The van der Waals surface area contributed by atoms with Crippen LogP contribution in [0.2, 0.25) is 0 Å². The van der Waals surface area contributed by atoms with Crippen LogP contribution in [0.3, 0.4) is 0 Å². The molecule has 1 aromatic heterocycles. The first-order valence-corrected chi connectivity index (χ1v) is 6.83. The summed E-state index contributed by atoms with van der Waals surface area (Å²) in [7, 11) is 0. The maximum absolute atomic E-state index is 12.7. The quantitative estimate of drug-likeness (QED) is 0.447. The normalized spacial score (nSPS) is 13.7. The number of benzene rings is 2. The number of aliphatic hydroxyl groups excluding tert-OH is 1. The second-order valence-corrected chi connectivity index (χ2v) is 5.16. The molecule has 0 spiro atoms. The maximum atomic E-state index is 12.7. The maximum Gasteiger partial charge on any atom is 0.409 e. The number of nitro benzene ring substituents is 1. The van der Waals surface area contributed by atoms with Gasteiger partial charge in [0.2, 0.25) is 6.20 Å². The van der Waals surface area contributed by atoms with Gasteiger partial charge in [0.15, 0.2) is 5.57 Å². The monoisotopic (exact) mass is 308 g/mol. The summed E-state index contributed by atoms with van der Waals surface area (Å²) in [6.07, 6.45) is 1.51. The van der Waals surface area contributed by atoms with Gasteiger partial charge in [-0.25, -0.2) is 0 Å². The molecule has 2 aromatic carbocycles. The van der Waals surface area contributed by atoms with E-state index < -0.39 is 4.92 Å². The van der Waals surface area contributed by atoms with Gasteiger partial charge >= 0.3 is 11.8 Å². The van der Waals surface area contributed by atoms with E-state index >= 15 is 0 Å². The molecule has 1 N–H and O–H groups in total. The van der Waals surface area contributed by atoms with Crippen molar-refractivity contribution in [3.8, 4) is 0 Å². The minimum Gasteiger partial charge on any atom is -0.457 e. The van der Waals surface area contributed by atoms with E-state index in [2.05, 4.69) is 0 Å². The van der Waals surface area contributed by atoms with Crippen molar-refractivity contribution in [2.24, 2.45) is 0 Å². The molecule has 0 saturated heterocycles. The third-order valence-electron chi connectivity index (χ3n) is 3.84. The Morgan fingerprint density at radius 1 is 1.13 bits per heavy atom. The molecule has 0 fully saturated rings. The molecule has 4 rings (SSSR count). The van der Waals surface area contributed by atoms with Gasteiger partial charge in [0, 0.05) is 12.1 Å². The standard InChI is InChI=1S/C16H9N3O4/c20-15-14(10-4-2-1-3-5-10)16(21)18-13-7-6-12(19(22)23)8-11(13)9-17(15)18/h1-9H/p+1. The first kappa shape index (κ1) is 13.2. The lowest BCUT2D eigenvalue weighted by Gasteiger charge is -1.97. The van der Waals surface area contributed by atoms with Crippen LogP contribution in [0.25, 0.3) is 22.4 Å². The molecule has 2 heterocycles. The second-order valence-electron chi connectivity index (χ2n) is 5.16. The average molecular weight is 308 g/mol. The zero-order chi connectivity index (χ0) is 16.1. The van der Waals surface area contributed by atoms with Crippen molar-refractivity contribution in [1.29, 1.82) is 0 Å². The second kappa shape index (κ2) is 4.51. The number of aromatic nitrogens is 2. The van der Waals surface area contributed by atoms with Crippen molar-refractivity contribution in [1.82, 2.24) is 4.68 Å². The van der Waals surface area contributed by atoms with Crippen molar-refractivity contribution in [2.75, 3.05) is 0 Å². The molecule has 112 valence electrons. The Bertz CT molecular complexity index is 1020. The number of nitrogens with zero attached hydrogens (tertiary/aromatic N) is 3. The number of non-ortho nitro benzene ring substituents is 1. The van der Waals surface area contributed by atoms with Gasteiger partial charge in [-0.15, -0.1) is 0 Å². The predicted molar refractivity (Wildman–Crippen MR) is 81.6 cm³/mol. The van der Waals surface area contributed by atoms with Gasteiger partial charge in [-0.05, 0) is 16.3 Å². The lowest BCUT2D eigenvalue weighted by atomic mass is 10.1. The third kappa shape index (κ3) is 1.76. The fourth-order valence-corrected chi connectivity index (χ4v) is 2.79. The van der Waals surface area contributed by atoms with Crippen LogP contribution < -0.4 is 4.68 Å². The fourth-order valence-electron chi connectivity index (χ4n) is 2.79. The lowest BCUT2D eigenvalue weighted by molar-refractivity contribution is -0.666. The smallest absolute Gasteiger partial charge is 0.409 e. The zero-order valence-electron chi connectivity index (χ0n) is 11.7. The molecule has 0 bridgehead atoms. The van der Waals surface area contributed by atoms with Crippen LogP contribution in [0.1, 0.15) is 10.4 Å². The number of hydrogen-bond donors (Lipinski definition) is 1. The Balaban J connectivity index is 1.94. The summed E-state index contributed by atoms with van der Waals surface area (Å²) >= 11 is 0. The summed E-state index contributed by atoms with van der Waals surface area (Å²) in [6, 6.07) is 13.1. The molecule has 0 saturated carbocycles. The summed E-state index contributed by atoms with van der Waals surface area (Å²) in [5, 5.41) is 21.8. The summed E-state index contributed by atoms with van der Waals surface area (Å²) in [5.74, 6) is -0.572. The summed E-state index contributed by atoms with van der Waals surface area (Å²) < 4.78 is 2.61. The van der Waals surface area contributed by atoms with E-state index in [1.807, 2.05) is 6.07 Å². The molecule has 0 atom stereocenters. The zero-order valence-corrected chi connectivity index (χ0v) is 11.7. The molecule has 23 heavy (non-hydrogen) atoms. The number of carbonyl (C=O) groups excluding carboxylic acids is 1. The molecule has 7 heteroatoms. The van der Waals surface area contributed by atoms with Gasteiger partial charge in [-0.2, -0.15) is 0 Å². The van der Waals surface area contributed by atoms with Gasteiger partial charge in [0.05, 0.1) is 10.3 Å². The summed E-state index contributed by atoms with van der Waals surface area (Å²) in [6.45, 7) is 0. The van der Waals surface area contributed by atoms with E-state index in [1.54, 1.807) is 24.3 Å². The molecular formula is C16H10N3O4+. The third-order valence-corrected chi connectivity index (χ3v) is 3.84. The van der Waals surface area contributed by atoms with Crippen molar-refractivity contribution >= 4 is 34.0 Å². The molecule has 0 amide bonds. The highest BCUT2D eigenvalue weighted by Gasteiger charge is 2.41. The number of carbonyl (C=O) groups is 1. The Kier molecular flexibility index (Phi) is 2.59. The highest BCUT2D eigenvalue weighted by atomic mass is 16.6. The van der Waals surface area contributed by atoms with E-state index in [4.69, 9.17) is 0 Å². The van der Waals surface area contributed by atoms with Crippen molar-refractivity contribution < 1.29 is 19.5 Å². The molecule has 3 aromatic rings. The average Bonchev–Trinajstić information content (AvgIpc) is 3.04. The van der Waals surface area contributed by atoms with Crippen LogP contribution in [0, 0.1) is 10.1 Å². The van der Waals surface area contributed by atoms with Gasteiger partial charge < -0.3 is 5.11 Å².